The molecule has 2 aromatic carbocycles. The Bertz CT molecular complexity index is 1180. The van der Waals surface area contributed by atoms with E-state index in [0.29, 0.717) is 16.3 Å². The molecule has 0 spiro atoms. The fraction of sp³-hybridized carbons (Fsp3) is 0.217. The number of nitrogens with one attached hydrogen (secondary N) is 1. The molecule has 6 heteroatoms. The number of aromatic nitrogens is 2. The lowest BCUT2D eigenvalue weighted by molar-refractivity contribution is 0.103. The Morgan fingerprint density at radius 3 is 2.79 bits per heavy atom. The molecule has 1 amide bonds. The van der Waals surface area contributed by atoms with Gasteiger partial charge in [0.15, 0.2) is 5.82 Å². The van der Waals surface area contributed by atoms with Crippen molar-refractivity contribution >= 4 is 34.0 Å². The molecular formula is C23H23N3O2S. The van der Waals surface area contributed by atoms with E-state index in [4.69, 9.17) is 9.72 Å². The molecule has 0 aliphatic carbocycles. The number of aryl methyl sites for hydroxylation is 2. The number of nitrogens with zero attached hydrogens (tertiary/aromatic N) is 2. The summed E-state index contributed by atoms with van der Waals surface area (Å²) >= 11 is 1.45. The predicted octanol–water partition coefficient (Wildman–Crippen LogP) is 5.74. The van der Waals surface area contributed by atoms with Crippen LogP contribution in [0.3, 0.4) is 0 Å². The number of carbonyl (C=O) groups is 1. The summed E-state index contributed by atoms with van der Waals surface area (Å²) < 4.78 is 7.59. The van der Waals surface area contributed by atoms with Crippen LogP contribution in [-0.2, 0) is 6.54 Å². The maximum Gasteiger partial charge on any atom is 0.265 e. The summed E-state index contributed by atoms with van der Waals surface area (Å²) in [5, 5.41) is 2.97. The van der Waals surface area contributed by atoms with Crippen LogP contribution in [0.4, 0.5) is 5.69 Å². The molecule has 2 aromatic heterocycles. The third kappa shape index (κ3) is 3.76. The van der Waals surface area contributed by atoms with Gasteiger partial charge in [-0.05, 0) is 55.3 Å². The van der Waals surface area contributed by atoms with Crippen LogP contribution in [0.1, 0.15) is 28.6 Å². The average molecular weight is 406 g/mol. The first-order valence-electron chi connectivity index (χ1n) is 9.62. The Hall–Kier alpha value is -3.12. The van der Waals surface area contributed by atoms with Crippen LogP contribution in [0.15, 0.2) is 54.6 Å². The summed E-state index contributed by atoms with van der Waals surface area (Å²) in [4.78, 5) is 19.3. The number of para-hydroxylation sites is 2. The van der Waals surface area contributed by atoms with E-state index in [1.807, 2.05) is 55.5 Å². The summed E-state index contributed by atoms with van der Waals surface area (Å²) in [7, 11) is 1.60. The van der Waals surface area contributed by atoms with Crippen LogP contribution in [0.25, 0.3) is 21.7 Å². The van der Waals surface area contributed by atoms with Crippen molar-refractivity contribution in [2.24, 2.45) is 0 Å². The van der Waals surface area contributed by atoms with Crippen molar-refractivity contribution in [3.8, 4) is 16.5 Å². The third-order valence-electron chi connectivity index (χ3n) is 4.76. The van der Waals surface area contributed by atoms with Crippen LogP contribution >= 0.6 is 11.3 Å². The highest BCUT2D eigenvalue weighted by atomic mass is 32.1. The first-order valence-corrected chi connectivity index (χ1v) is 10.4. The van der Waals surface area contributed by atoms with Gasteiger partial charge in [0, 0.05) is 6.54 Å². The molecule has 2 heterocycles. The zero-order valence-corrected chi connectivity index (χ0v) is 17.5. The highest BCUT2D eigenvalue weighted by Gasteiger charge is 2.17. The number of benzene rings is 2. The average Bonchev–Trinajstić information content (AvgIpc) is 3.34. The lowest BCUT2D eigenvalue weighted by Gasteiger charge is -2.10. The molecule has 4 aromatic rings. The Kier molecular flexibility index (Phi) is 5.36. The molecule has 0 unspecified atom stereocenters. The second-order valence-corrected chi connectivity index (χ2v) is 7.98. The van der Waals surface area contributed by atoms with Crippen molar-refractivity contribution in [3.05, 3.63) is 65.0 Å². The topological polar surface area (TPSA) is 56.2 Å². The third-order valence-corrected chi connectivity index (χ3v) is 5.84. The van der Waals surface area contributed by atoms with Crippen LogP contribution in [0.2, 0.25) is 0 Å². The van der Waals surface area contributed by atoms with E-state index in [9.17, 15) is 4.79 Å². The molecule has 1 N–H and O–H groups in total. The lowest BCUT2D eigenvalue weighted by atomic mass is 10.2. The lowest BCUT2D eigenvalue weighted by Crippen LogP contribution is -2.11. The number of anilines is 1. The van der Waals surface area contributed by atoms with Gasteiger partial charge in [-0.3, -0.25) is 4.79 Å². The van der Waals surface area contributed by atoms with E-state index in [1.165, 1.54) is 11.3 Å². The molecule has 0 aliphatic heterocycles. The number of hydrogen-bond donors (Lipinski definition) is 1. The first-order chi connectivity index (χ1) is 14.1. The predicted molar refractivity (Wildman–Crippen MR) is 119 cm³/mol. The minimum absolute atomic E-state index is 0.150. The molecule has 0 saturated carbocycles. The highest BCUT2D eigenvalue weighted by Crippen LogP contribution is 2.32. The van der Waals surface area contributed by atoms with E-state index in [2.05, 4.69) is 22.9 Å². The second kappa shape index (κ2) is 8.09. The van der Waals surface area contributed by atoms with Gasteiger partial charge in [-0.15, -0.1) is 11.3 Å². The number of amides is 1. The van der Waals surface area contributed by atoms with Crippen LogP contribution < -0.4 is 10.1 Å². The molecule has 0 fully saturated rings. The minimum Gasteiger partial charge on any atom is -0.495 e. The van der Waals surface area contributed by atoms with Gasteiger partial charge >= 0.3 is 0 Å². The summed E-state index contributed by atoms with van der Waals surface area (Å²) in [5.74, 6) is 1.40. The Balaban J connectivity index is 1.65. The second-order valence-electron chi connectivity index (χ2n) is 6.90. The van der Waals surface area contributed by atoms with E-state index in [0.717, 1.165) is 40.3 Å². The van der Waals surface area contributed by atoms with Gasteiger partial charge in [-0.1, -0.05) is 25.1 Å². The van der Waals surface area contributed by atoms with Crippen molar-refractivity contribution in [2.45, 2.75) is 26.8 Å². The number of methoxy groups -OCH3 is 1. The van der Waals surface area contributed by atoms with Crippen LogP contribution in [-0.4, -0.2) is 22.6 Å². The molecule has 0 bridgehead atoms. The number of ether oxygens (including phenoxy) is 1. The van der Waals surface area contributed by atoms with Crippen LogP contribution in [0, 0.1) is 6.92 Å². The molecule has 4 rings (SSSR count). The monoisotopic (exact) mass is 405 g/mol. The van der Waals surface area contributed by atoms with Crippen molar-refractivity contribution in [1.29, 1.82) is 0 Å². The van der Waals surface area contributed by atoms with E-state index < -0.39 is 0 Å². The number of hydrogen-bond acceptors (Lipinski definition) is 4. The normalized spacial score (nSPS) is 11.0. The van der Waals surface area contributed by atoms with Crippen molar-refractivity contribution in [1.82, 2.24) is 9.55 Å². The molecule has 0 saturated heterocycles. The number of rotatable bonds is 6. The summed E-state index contributed by atoms with van der Waals surface area (Å²) in [5.41, 5.74) is 3.82. The summed E-state index contributed by atoms with van der Waals surface area (Å²) in [6.45, 7) is 5.02. The summed E-state index contributed by atoms with van der Waals surface area (Å²) in [6, 6.07) is 17.7. The van der Waals surface area contributed by atoms with Gasteiger partial charge in [0.05, 0.1) is 33.6 Å². The summed E-state index contributed by atoms with van der Waals surface area (Å²) in [6.07, 6.45) is 1.01. The quantitative estimate of drug-likeness (QED) is 0.445. The molecular weight excluding hydrogens is 382 g/mol. The van der Waals surface area contributed by atoms with Gasteiger partial charge in [0.2, 0.25) is 0 Å². The SMILES string of the molecule is CCCn1c(-c2ccc(C(=O)Nc3cc(C)ccc3OC)s2)nc2ccccc21. The molecule has 29 heavy (non-hydrogen) atoms. The van der Waals surface area contributed by atoms with Gasteiger partial charge in [-0.2, -0.15) is 0 Å². The van der Waals surface area contributed by atoms with E-state index in [1.54, 1.807) is 7.11 Å². The Labute approximate surface area is 174 Å². The van der Waals surface area contributed by atoms with Gasteiger partial charge < -0.3 is 14.6 Å². The van der Waals surface area contributed by atoms with Crippen molar-refractivity contribution in [3.63, 3.8) is 0 Å². The van der Waals surface area contributed by atoms with Gasteiger partial charge in [0.1, 0.15) is 5.75 Å². The standard InChI is InChI=1S/C23H23N3O2S/c1-4-13-26-18-8-6-5-7-16(18)24-22(26)20-11-12-21(29-20)23(27)25-17-14-15(2)9-10-19(17)28-3/h5-12,14H,4,13H2,1-3H3,(H,25,27). The van der Waals surface area contributed by atoms with Crippen LogP contribution in [0.5, 0.6) is 5.75 Å². The van der Waals surface area contributed by atoms with Gasteiger partial charge in [0.25, 0.3) is 5.91 Å². The number of imidazole rings is 1. The van der Waals surface area contributed by atoms with E-state index in [-0.39, 0.29) is 5.91 Å². The maximum absolute atomic E-state index is 12.8. The number of thiophene rings is 1. The number of carbonyl (C=O) groups excluding carboxylic acids is 1. The first kappa shape index (κ1) is 19.2. The Morgan fingerprint density at radius 1 is 1.17 bits per heavy atom. The molecule has 0 atom stereocenters. The van der Waals surface area contributed by atoms with Crippen molar-refractivity contribution < 1.29 is 9.53 Å². The van der Waals surface area contributed by atoms with E-state index >= 15 is 0 Å². The Morgan fingerprint density at radius 2 is 2.00 bits per heavy atom. The fourth-order valence-electron chi connectivity index (χ4n) is 3.40. The maximum atomic E-state index is 12.8. The van der Waals surface area contributed by atoms with Crippen molar-refractivity contribution in [2.75, 3.05) is 12.4 Å². The largest absolute Gasteiger partial charge is 0.495 e. The minimum atomic E-state index is -0.150. The molecule has 0 aliphatic rings. The highest BCUT2D eigenvalue weighted by molar-refractivity contribution is 7.17. The smallest absolute Gasteiger partial charge is 0.265 e. The fourth-order valence-corrected chi connectivity index (χ4v) is 4.30. The van der Waals surface area contributed by atoms with Gasteiger partial charge in [-0.25, -0.2) is 4.98 Å². The molecule has 148 valence electrons. The zero-order chi connectivity index (χ0) is 20.4. The molecule has 5 nitrogen and oxygen atoms in total. The number of fused-ring (bicyclic) bond motifs is 1. The zero-order valence-electron chi connectivity index (χ0n) is 16.7. The molecule has 0 radical (unpaired) electrons.